The predicted octanol–water partition coefficient (Wildman–Crippen LogP) is 3.56. The van der Waals surface area contributed by atoms with Crippen LogP contribution in [0.1, 0.15) is 66.6 Å². The fourth-order valence-corrected chi connectivity index (χ4v) is 5.68. The van der Waals surface area contributed by atoms with Gasteiger partial charge in [-0.2, -0.15) is 0 Å². The number of aliphatic hydroxyl groups is 1. The molecule has 2 aromatic heterocycles. The highest BCUT2D eigenvalue weighted by Crippen LogP contribution is 2.25. The highest BCUT2D eigenvalue weighted by Gasteiger charge is 2.30. The van der Waals surface area contributed by atoms with Crippen molar-refractivity contribution in [2.45, 2.75) is 72.3 Å². The van der Waals surface area contributed by atoms with Gasteiger partial charge in [-0.05, 0) is 61.6 Å². The largest absolute Gasteiger partial charge is 0.486 e. The third-order valence-corrected chi connectivity index (χ3v) is 8.25. The number of pyridine rings is 1. The zero-order valence-corrected chi connectivity index (χ0v) is 26.1. The van der Waals surface area contributed by atoms with Crippen LogP contribution in [0.3, 0.4) is 0 Å². The standard InChI is InChI=1S/C33H44N6O5/c1-22-29(44-21-36-22)20-43-28-6-5-25-18-38(12-8-23(25)15-28)19-27(40)17-35-31(41)24-7-11-34-30(16-24)37-26-9-13-39(14-10-26)32(42)33(2,3)4/h5-7,11,15-16,21,26-27,40H,8-10,12-14,17-20H2,1-4H3,(H,34,37)(H,35,41). The number of amides is 2. The van der Waals surface area contributed by atoms with E-state index in [-0.39, 0.29) is 29.8 Å². The van der Waals surface area contributed by atoms with Crippen LogP contribution in [-0.4, -0.2) is 81.6 Å². The van der Waals surface area contributed by atoms with Crippen LogP contribution in [0, 0.1) is 12.3 Å². The van der Waals surface area contributed by atoms with Crippen LogP contribution in [-0.2, 0) is 24.4 Å². The number of nitrogens with one attached hydrogen (secondary N) is 2. The number of piperidine rings is 1. The van der Waals surface area contributed by atoms with Gasteiger partial charge in [0.15, 0.2) is 12.2 Å². The number of ether oxygens (including phenoxy) is 1. The molecule has 3 aromatic rings. The number of β-amino-alcohol motifs (C(OH)–C–C–N with tert-alkyl or cyclic N) is 1. The van der Waals surface area contributed by atoms with E-state index >= 15 is 0 Å². The van der Waals surface area contributed by atoms with Gasteiger partial charge >= 0.3 is 0 Å². The highest BCUT2D eigenvalue weighted by molar-refractivity contribution is 5.94. The molecular weight excluding hydrogens is 560 g/mol. The first kappa shape index (κ1) is 31.5. The highest BCUT2D eigenvalue weighted by atomic mass is 16.5. The van der Waals surface area contributed by atoms with Gasteiger partial charge in [0.25, 0.3) is 5.91 Å². The van der Waals surface area contributed by atoms with Crippen LogP contribution in [0.5, 0.6) is 5.75 Å². The Morgan fingerprint density at radius 3 is 2.64 bits per heavy atom. The van der Waals surface area contributed by atoms with Crippen molar-refractivity contribution in [1.29, 1.82) is 0 Å². The predicted molar refractivity (Wildman–Crippen MR) is 166 cm³/mol. The number of benzene rings is 1. The summed E-state index contributed by atoms with van der Waals surface area (Å²) in [5.74, 6) is 2.07. The van der Waals surface area contributed by atoms with Gasteiger partial charge in [0.1, 0.15) is 18.2 Å². The molecule has 4 heterocycles. The lowest BCUT2D eigenvalue weighted by atomic mass is 9.93. The van der Waals surface area contributed by atoms with Gasteiger partial charge in [-0.15, -0.1) is 0 Å². The summed E-state index contributed by atoms with van der Waals surface area (Å²) in [6.07, 6.45) is 4.84. The van der Waals surface area contributed by atoms with Gasteiger partial charge in [0.2, 0.25) is 5.91 Å². The summed E-state index contributed by atoms with van der Waals surface area (Å²) >= 11 is 0. The molecule has 0 radical (unpaired) electrons. The molecule has 1 atom stereocenters. The van der Waals surface area contributed by atoms with E-state index in [0.29, 0.717) is 37.6 Å². The molecule has 3 N–H and O–H groups in total. The molecule has 11 heteroatoms. The molecule has 2 aliphatic heterocycles. The monoisotopic (exact) mass is 604 g/mol. The van der Waals surface area contributed by atoms with Crippen LogP contribution >= 0.6 is 0 Å². The number of carbonyl (C=O) groups is 2. The summed E-state index contributed by atoms with van der Waals surface area (Å²) in [4.78, 5) is 38.1. The number of anilines is 1. The minimum Gasteiger partial charge on any atom is -0.486 e. The normalized spacial score (nSPS) is 16.7. The Hall–Kier alpha value is -3.96. The van der Waals surface area contributed by atoms with E-state index in [1.807, 2.05) is 38.7 Å². The third kappa shape index (κ3) is 8.15. The van der Waals surface area contributed by atoms with Crippen molar-refractivity contribution in [2.75, 3.05) is 38.0 Å². The van der Waals surface area contributed by atoms with E-state index in [1.54, 1.807) is 18.3 Å². The Morgan fingerprint density at radius 2 is 1.91 bits per heavy atom. The second-order valence-corrected chi connectivity index (χ2v) is 12.8. The fourth-order valence-electron chi connectivity index (χ4n) is 5.68. The summed E-state index contributed by atoms with van der Waals surface area (Å²) in [6.45, 7) is 11.6. The summed E-state index contributed by atoms with van der Waals surface area (Å²) < 4.78 is 11.2. The van der Waals surface area contributed by atoms with E-state index in [0.717, 1.165) is 49.6 Å². The molecule has 2 amide bonds. The van der Waals surface area contributed by atoms with Crippen LogP contribution in [0.15, 0.2) is 47.3 Å². The topological polar surface area (TPSA) is 133 Å². The molecule has 1 unspecified atom stereocenters. The van der Waals surface area contributed by atoms with Crippen molar-refractivity contribution >= 4 is 17.6 Å². The minimum atomic E-state index is -0.700. The van der Waals surface area contributed by atoms with Gasteiger partial charge in [-0.25, -0.2) is 9.97 Å². The SMILES string of the molecule is Cc1ncoc1COc1ccc2c(c1)CCN(CC(O)CNC(=O)c1ccnc(NC3CCN(C(=O)C(C)(C)C)CC3)c1)C2. The number of nitrogens with zero attached hydrogens (tertiary/aromatic N) is 4. The number of likely N-dealkylation sites (tertiary alicyclic amines) is 1. The van der Waals surface area contributed by atoms with Crippen molar-refractivity contribution in [3.8, 4) is 5.75 Å². The Balaban J connectivity index is 1.05. The first-order chi connectivity index (χ1) is 21.0. The molecule has 1 fully saturated rings. The number of carbonyl (C=O) groups excluding carboxylic acids is 2. The molecule has 0 saturated carbocycles. The van der Waals surface area contributed by atoms with Gasteiger partial charge in [0, 0.05) is 62.5 Å². The minimum absolute atomic E-state index is 0.154. The maximum Gasteiger partial charge on any atom is 0.251 e. The van der Waals surface area contributed by atoms with Crippen molar-refractivity contribution in [1.82, 2.24) is 25.1 Å². The second-order valence-electron chi connectivity index (χ2n) is 12.8. The number of oxazole rings is 1. The molecule has 236 valence electrons. The van der Waals surface area contributed by atoms with Crippen molar-refractivity contribution < 1.29 is 23.8 Å². The molecule has 0 aliphatic carbocycles. The van der Waals surface area contributed by atoms with Crippen molar-refractivity contribution in [3.63, 3.8) is 0 Å². The zero-order chi connectivity index (χ0) is 31.3. The molecular formula is C33H44N6O5. The van der Waals surface area contributed by atoms with E-state index < -0.39 is 6.10 Å². The van der Waals surface area contributed by atoms with Crippen LogP contribution in [0.4, 0.5) is 5.82 Å². The fraction of sp³-hybridized carbons (Fsp3) is 0.515. The smallest absolute Gasteiger partial charge is 0.251 e. The van der Waals surface area contributed by atoms with Gasteiger partial charge in [-0.3, -0.25) is 14.5 Å². The molecule has 1 aromatic carbocycles. The van der Waals surface area contributed by atoms with Gasteiger partial charge in [-0.1, -0.05) is 26.8 Å². The van der Waals surface area contributed by atoms with Crippen molar-refractivity contribution in [2.24, 2.45) is 5.41 Å². The summed E-state index contributed by atoms with van der Waals surface area (Å²) in [5, 5.41) is 17.0. The average molecular weight is 605 g/mol. The number of aliphatic hydroxyl groups excluding tert-OH is 1. The first-order valence-electron chi connectivity index (χ1n) is 15.4. The maximum absolute atomic E-state index is 12.9. The van der Waals surface area contributed by atoms with Gasteiger partial charge in [0.05, 0.1) is 11.8 Å². The lowest BCUT2D eigenvalue weighted by Crippen LogP contribution is -2.46. The van der Waals surface area contributed by atoms with Crippen molar-refractivity contribution in [3.05, 3.63) is 71.1 Å². The molecule has 0 spiro atoms. The number of fused-ring (bicyclic) bond motifs is 1. The van der Waals surface area contributed by atoms with E-state index in [9.17, 15) is 14.7 Å². The van der Waals surface area contributed by atoms with Crippen LogP contribution < -0.4 is 15.4 Å². The maximum atomic E-state index is 12.9. The number of rotatable bonds is 10. The average Bonchev–Trinajstić information content (AvgIpc) is 3.42. The lowest BCUT2D eigenvalue weighted by molar-refractivity contribution is -0.140. The lowest BCUT2D eigenvalue weighted by Gasteiger charge is -2.36. The molecule has 5 rings (SSSR count). The number of aryl methyl sites for hydroxylation is 1. The third-order valence-electron chi connectivity index (χ3n) is 8.25. The summed E-state index contributed by atoms with van der Waals surface area (Å²) in [5.41, 5.74) is 3.38. The number of hydrogen-bond donors (Lipinski definition) is 3. The quantitative estimate of drug-likeness (QED) is 0.318. The second kappa shape index (κ2) is 13.8. The van der Waals surface area contributed by atoms with E-state index in [2.05, 4.69) is 37.6 Å². The molecule has 1 saturated heterocycles. The Kier molecular flexibility index (Phi) is 9.85. The molecule has 2 aliphatic rings. The zero-order valence-electron chi connectivity index (χ0n) is 26.1. The summed E-state index contributed by atoms with van der Waals surface area (Å²) in [7, 11) is 0. The molecule has 11 nitrogen and oxygen atoms in total. The van der Waals surface area contributed by atoms with E-state index in [1.165, 1.54) is 17.5 Å². The summed E-state index contributed by atoms with van der Waals surface area (Å²) in [6, 6.07) is 9.69. The first-order valence-corrected chi connectivity index (χ1v) is 15.4. The molecule has 44 heavy (non-hydrogen) atoms. The Morgan fingerprint density at radius 1 is 1.11 bits per heavy atom. The van der Waals surface area contributed by atoms with Crippen LogP contribution in [0.25, 0.3) is 0 Å². The Bertz CT molecular complexity index is 1440. The number of aromatic nitrogens is 2. The van der Waals surface area contributed by atoms with Gasteiger partial charge < -0.3 is 29.8 Å². The van der Waals surface area contributed by atoms with Crippen LogP contribution in [0.2, 0.25) is 0 Å². The van der Waals surface area contributed by atoms with E-state index in [4.69, 9.17) is 9.15 Å². The molecule has 0 bridgehead atoms. The number of hydrogen-bond acceptors (Lipinski definition) is 9. The Labute approximate surface area is 259 Å².